The first-order valence-electron chi connectivity index (χ1n) is 6.99. The van der Waals surface area contributed by atoms with Gasteiger partial charge in [0.15, 0.2) is 0 Å². The molecule has 0 amide bonds. The Morgan fingerprint density at radius 2 is 2.05 bits per heavy atom. The Balaban J connectivity index is 1.79. The Morgan fingerprint density at radius 3 is 2.70 bits per heavy atom. The number of benzene rings is 1. The van der Waals surface area contributed by atoms with E-state index in [1.807, 2.05) is 42.8 Å². The van der Waals surface area contributed by atoms with E-state index < -0.39 is 10.8 Å². The van der Waals surface area contributed by atoms with Crippen molar-refractivity contribution in [2.45, 2.75) is 42.8 Å². The molecule has 1 aromatic heterocycles. The molecule has 20 heavy (non-hydrogen) atoms. The molecule has 0 spiro atoms. The van der Waals surface area contributed by atoms with Gasteiger partial charge in [0, 0.05) is 17.9 Å². The van der Waals surface area contributed by atoms with E-state index in [1.165, 1.54) is 19.3 Å². The second-order valence-electron chi connectivity index (χ2n) is 5.42. The van der Waals surface area contributed by atoms with Gasteiger partial charge in [-0.1, -0.05) is 24.6 Å². The van der Waals surface area contributed by atoms with Crippen molar-refractivity contribution < 1.29 is 4.21 Å². The van der Waals surface area contributed by atoms with Crippen LogP contribution in [0.4, 0.5) is 0 Å². The van der Waals surface area contributed by atoms with Gasteiger partial charge in [0.05, 0.1) is 16.6 Å². The van der Waals surface area contributed by atoms with Crippen molar-refractivity contribution in [3.05, 3.63) is 41.5 Å². The molecule has 0 radical (unpaired) electrons. The number of hydrogen-bond acceptors (Lipinski definition) is 3. The van der Waals surface area contributed by atoms with Gasteiger partial charge in [0.2, 0.25) is 0 Å². The monoisotopic (exact) mass is 289 g/mol. The van der Waals surface area contributed by atoms with Crippen molar-refractivity contribution in [3.8, 4) is 0 Å². The van der Waals surface area contributed by atoms with E-state index in [0.717, 1.165) is 22.1 Å². The SMILES string of the molecule is Cc1ccccc1S(=O)Cc1nnc(C2CCC2)n1C. The molecule has 0 aliphatic heterocycles. The summed E-state index contributed by atoms with van der Waals surface area (Å²) in [6.07, 6.45) is 3.68. The number of aryl methyl sites for hydroxylation is 1. The van der Waals surface area contributed by atoms with Gasteiger partial charge in [-0.2, -0.15) is 0 Å². The fraction of sp³-hybridized carbons (Fsp3) is 0.467. The minimum Gasteiger partial charge on any atom is -0.317 e. The fourth-order valence-corrected chi connectivity index (χ4v) is 3.83. The lowest BCUT2D eigenvalue weighted by molar-refractivity contribution is 0.391. The van der Waals surface area contributed by atoms with Gasteiger partial charge in [0.1, 0.15) is 11.6 Å². The van der Waals surface area contributed by atoms with E-state index in [0.29, 0.717) is 11.7 Å². The second kappa shape index (κ2) is 5.48. The average molecular weight is 289 g/mol. The molecule has 1 atom stereocenters. The highest BCUT2D eigenvalue weighted by atomic mass is 32.2. The van der Waals surface area contributed by atoms with Crippen LogP contribution in [0.2, 0.25) is 0 Å². The highest BCUT2D eigenvalue weighted by molar-refractivity contribution is 7.84. The predicted molar refractivity (Wildman–Crippen MR) is 78.9 cm³/mol. The average Bonchev–Trinajstić information content (AvgIpc) is 2.70. The topological polar surface area (TPSA) is 47.8 Å². The lowest BCUT2D eigenvalue weighted by Gasteiger charge is -2.24. The molecule has 0 N–H and O–H groups in total. The molecular formula is C15H19N3OS. The quantitative estimate of drug-likeness (QED) is 0.869. The van der Waals surface area contributed by atoms with Crippen LogP contribution < -0.4 is 0 Å². The van der Waals surface area contributed by atoms with Crippen molar-refractivity contribution >= 4 is 10.8 Å². The maximum atomic E-state index is 12.5. The van der Waals surface area contributed by atoms with Crippen LogP contribution in [-0.4, -0.2) is 19.0 Å². The molecule has 1 heterocycles. The summed E-state index contributed by atoms with van der Waals surface area (Å²) < 4.78 is 14.5. The summed E-state index contributed by atoms with van der Waals surface area (Å²) in [6, 6.07) is 7.81. The van der Waals surface area contributed by atoms with Crippen molar-refractivity contribution in [3.63, 3.8) is 0 Å². The van der Waals surface area contributed by atoms with Gasteiger partial charge in [-0.15, -0.1) is 10.2 Å². The molecule has 0 bridgehead atoms. The maximum absolute atomic E-state index is 12.5. The molecule has 0 saturated heterocycles. The summed E-state index contributed by atoms with van der Waals surface area (Å²) >= 11 is 0. The van der Waals surface area contributed by atoms with E-state index in [4.69, 9.17) is 0 Å². The highest BCUT2D eigenvalue weighted by Crippen LogP contribution is 2.35. The second-order valence-corrected chi connectivity index (χ2v) is 6.84. The van der Waals surface area contributed by atoms with Crippen molar-refractivity contribution in [2.75, 3.05) is 0 Å². The first kappa shape index (κ1) is 13.5. The first-order valence-corrected chi connectivity index (χ1v) is 8.31. The van der Waals surface area contributed by atoms with Gasteiger partial charge in [0.25, 0.3) is 0 Å². The summed E-state index contributed by atoms with van der Waals surface area (Å²) in [4.78, 5) is 0.890. The molecule has 1 aliphatic rings. The van der Waals surface area contributed by atoms with Crippen molar-refractivity contribution in [2.24, 2.45) is 7.05 Å². The number of aromatic nitrogens is 3. The van der Waals surface area contributed by atoms with E-state index >= 15 is 0 Å². The molecule has 4 nitrogen and oxygen atoms in total. The van der Waals surface area contributed by atoms with Crippen molar-refractivity contribution in [1.29, 1.82) is 0 Å². The van der Waals surface area contributed by atoms with Crippen LogP contribution in [0.25, 0.3) is 0 Å². The van der Waals surface area contributed by atoms with Gasteiger partial charge in [-0.05, 0) is 31.4 Å². The minimum absolute atomic E-state index is 0.432. The minimum atomic E-state index is -1.06. The van der Waals surface area contributed by atoms with Crippen LogP contribution >= 0.6 is 0 Å². The van der Waals surface area contributed by atoms with Gasteiger partial charge in [-0.25, -0.2) is 0 Å². The van der Waals surface area contributed by atoms with Gasteiger partial charge < -0.3 is 4.57 Å². The molecular weight excluding hydrogens is 270 g/mol. The standard InChI is InChI=1S/C15H19N3OS/c1-11-6-3-4-9-13(11)20(19)10-14-16-17-15(18(14)2)12-7-5-8-12/h3-4,6,9,12H,5,7-8,10H2,1-2H3. The summed E-state index contributed by atoms with van der Waals surface area (Å²) in [5, 5.41) is 8.52. The molecule has 1 unspecified atom stereocenters. The number of rotatable bonds is 4. The van der Waals surface area contributed by atoms with E-state index in [2.05, 4.69) is 10.2 Å². The molecule has 2 aromatic rings. The Hall–Kier alpha value is -1.49. The van der Waals surface area contributed by atoms with E-state index in [1.54, 1.807) is 0 Å². The largest absolute Gasteiger partial charge is 0.317 e. The third-order valence-electron chi connectivity index (χ3n) is 4.07. The van der Waals surface area contributed by atoms with Crippen LogP contribution in [0.1, 0.15) is 42.4 Å². The van der Waals surface area contributed by atoms with Crippen LogP contribution in [0.3, 0.4) is 0 Å². The maximum Gasteiger partial charge on any atom is 0.145 e. The zero-order valence-corrected chi connectivity index (χ0v) is 12.7. The Morgan fingerprint density at radius 1 is 1.30 bits per heavy atom. The molecule has 1 fully saturated rings. The number of hydrogen-bond donors (Lipinski definition) is 0. The zero-order chi connectivity index (χ0) is 14.1. The summed E-state index contributed by atoms with van der Waals surface area (Å²) in [7, 11) is 0.921. The molecule has 1 aromatic carbocycles. The molecule has 106 valence electrons. The Kier molecular flexibility index (Phi) is 3.70. The van der Waals surface area contributed by atoms with Crippen molar-refractivity contribution in [1.82, 2.24) is 14.8 Å². The first-order chi connectivity index (χ1) is 9.66. The highest BCUT2D eigenvalue weighted by Gasteiger charge is 2.25. The predicted octanol–water partition coefficient (Wildman–Crippen LogP) is 2.70. The summed E-state index contributed by atoms with van der Waals surface area (Å²) in [5.41, 5.74) is 1.06. The molecule has 5 heteroatoms. The van der Waals surface area contributed by atoms with E-state index in [-0.39, 0.29) is 0 Å². The van der Waals surface area contributed by atoms with Crippen LogP contribution in [0.5, 0.6) is 0 Å². The normalized spacial score (nSPS) is 16.9. The fourth-order valence-electron chi connectivity index (χ4n) is 2.53. The lowest BCUT2D eigenvalue weighted by atomic mass is 9.85. The summed E-state index contributed by atoms with van der Waals surface area (Å²) in [6.45, 7) is 1.99. The van der Waals surface area contributed by atoms with Crippen LogP contribution in [0.15, 0.2) is 29.2 Å². The zero-order valence-electron chi connectivity index (χ0n) is 11.9. The molecule has 3 rings (SSSR count). The third kappa shape index (κ3) is 2.42. The lowest BCUT2D eigenvalue weighted by Crippen LogP contribution is -2.15. The Bertz CT molecular complexity index is 646. The smallest absolute Gasteiger partial charge is 0.145 e. The van der Waals surface area contributed by atoms with E-state index in [9.17, 15) is 4.21 Å². The van der Waals surface area contributed by atoms with Gasteiger partial charge >= 0.3 is 0 Å². The number of nitrogens with zero attached hydrogens (tertiary/aromatic N) is 3. The molecule has 1 saturated carbocycles. The third-order valence-corrected chi connectivity index (χ3v) is 5.54. The van der Waals surface area contributed by atoms with Gasteiger partial charge in [-0.3, -0.25) is 4.21 Å². The van der Waals surface area contributed by atoms with Crippen LogP contribution in [0, 0.1) is 6.92 Å². The summed E-state index contributed by atoms with van der Waals surface area (Å²) in [5.74, 6) is 2.84. The Labute approximate surface area is 121 Å². The van der Waals surface area contributed by atoms with Crippen LogP contribution in [-0.2, 0) is 23.6 Å². The molecule has 1 aliphatic carbocycles.